The number of hydrogen-bond donors (Lipinski definition) is 0. The lowest BCUT2D eigenvalue weighted by Crippen LogP contribution is -2.52. The van der Waals surface area contributed by atoms with E-state index in [0.29, 0.717) is 50.8 Å². The van der Waals surface area contributed by atoms with Gasteiger partial charge in [-0.25, -0.2) is 4.98 Å². The summed E-state index contributed by atoms with van der Waals surface area (Å²) >= 11 is 0. The molecule has 4 heterocycles. The van der Waals surface area contributed by atoms with E-state index in [-0.39, 0.29) is 18.4 Å². The predicted molar refractivity (Wildman–Crippen MR) is 98.7 cm³/mol. The van der Waals surface area contributed by atoms with Crippen LogP contribution in [0.25, 0.3) is 0 Å². The van der Waals surface area contributed by atoms with Crippen LogP contribution in [0.3, 0.4) is 0 Å². The second kappa shape index (κ2) is 7.36. The fourth-order valence-electron chi connectivity index (χ4n) is 3.43. The summed E-state index contributed by atoms with van der Waals surface area (Å²) in [6.45, 7) is 3.60. The number of morpholine rings is 1. The Labute approximate surface area is 157 Å². The van der Waals surface area contributed by atoms with Gasteiger partial charge >= 0.3 is 0 Å². The van der Waals surface area contributed by atoms with Crippen molar-refractivity contribution in [3.05, 3.63) is 36.3 Å². The summed E-state index contributed by atoms with van der Waals surface area (Å²) in [5.41, 5.74) is 1.28. The van der Waals surface area contributed by atoms with Crippen molar-refractivity contribution in [1.82, 2.24) is 19.7 Å². The number of aryl methyl sites for hydroxylation is 1. The van der Waals surface area contributed by atoms with E-state index in [2.05, 4.69) is 15.0 Å². The van der Waals surface area contributed by atoms with Crippen LogP contribution < -0.4 is 9.80 Å². The molecular formula is C18H22N6O3. The third-order valence-electron chi connectivity index (χ3n) is 4.84. The minimum absolute atomic E-state index is 0.0468. The first-order valence-corrected chi connectivity index (χ1v) is 8.99. The van der Waals surface area contributed by atoms with Gasteiger partial charge in [-0.2, -0.15) is 5.10 Å². The highest BCUT2D eigenvalue weighted by Crippen LogP contribution is 2.22. The maximum Gasteiger partial charge on any atom is 0.258 e. The van der Waals surface area contributed by atoms with Crippen molar-refractivity contribution >= 4 is 23.3 Å². The van der Waals surface area contributed by atoms with Crippen LogP contribution in [0.15, 0.2) is 30.7 Å². The van der Waals surface area contributed by atoms with Gasteiger partial charge in [-0.1, -0.05) is 0 Å². The number of ether oxygens (including phenoxy) is 1. The number of carbonyl (C=O) groups is 2. The lowest BCUT2D eigenvalue weighted by atomic mass is 10.1. The summed E-state index contributed by atoms with van der Waals surface area (Å²) in [4.78, 5) is 35.4. The van der Waals surface area contributed by atoms with Crippen molar-refractivity contribution < 1.29 is 14.3 Å². The third-order valence-corrected chi connectivity index (χ3v) is 4.84. The normalized spacial score (nSPS) is 18.1. The predicted octanol–water partition coefficient (Wildman–Crippen LogP) is 0.141. The van der Waals surface area contributed by atoms with Crippen molar-refractivity contribution in [2.24, 2.45) is 7.05 Å². The molecule has 0 unspecified atom stereocenters. The van der Waals surface area contributed by atoms with E-state index in [1.54, 1.807) is 45.2 Å². The van der Waals surface area contributed by atoms with Gasteiger partial charge in [0.25, 0.3) is 5.91 Å². The lowest BCUT2D eigenvalue weighted by molar-refractivity contribution is -0.120. The molecule has 9 heteroatoms. The van der Waals surface area contributed by atoms with Gasteiger partial charge in [0.05, 0.1) is 30.7 Å². The molecule has 9 nitrogen and oxygen atoms in total. The van der Waals surface area contributed by atoms with Crippen LogP contribution in [-0.2, 0) is 16.6 Å². The molecule has 0 atom stereocenters. The van der Waals surface area contributed by atoms with Crippen LogP contribution in [0, 0.1) is 0 Å². The van der Waals surface area contributed by atoms with E-state index in [1.165, 1.54) is 0 Å². The standard InChI is InChI=1S/C18H22N6O3/c1-21-12-14(11-20-21)24-6-5-23(13-16(24)25)18(26)15-3-2-4-19-17(15)22-7-9-27-10-8-22/h2-4,11-12H,5-10,13H2,1H3. The average molecular weight is 370 g/mol. The third kappa shape index (κ3) is 3.50. The molecule has 0 aromatic carbocycles. The summed E-state index contributed by atoms with van der Waals surface area (Å²) in [5, 5.41) is 4.11. The number of carbonyl (C=O) groups excluding carboxylic acids is 2. The molecule has 2 saturated heterocycles. The zero-order valence-electron chi connectivity index (χ0n) is 15.2. The molecule has 2 fully saturated rings. The second-order valence-electron chi connectivity index (χ2n) is 6.62. The zero-order chi connectivity index (χ0) is 18.8. The topological polar surface area (TPSA) is 83.8 Å². The molecule has 2 aromatic heterocycles. The Morgan fingerprint density at radius 2 is 2.00 bits per heavy atom. The Morgan fingerprint density at radius 1 is 1.19 bits per heavy atom. The first-order valence-electron chi connectivity index (χ1n) is 8.99. The van der Waals surface area contributed by atoms with Crippen molar-refractivity contribution in [3.63, 3.8) is 0 Å². The van der Waals surface area contributed by atoms with Crippen LogP contribution in [0.5, 0.6) is 0 Å². The number of hydrogen-bond acceptors (Lipinski definition) is 6. The molecule has 142 valence electrons. The molecule has 0 N–H and O–H groups in total. The van der Waals surface area contributed by atoms with Gasteiger partial charge in [-0.3, -0.25) is 14.3 Å². The van der Waals surface area contributed by atoms with Gasteiger partial charge in [-0.15, -0.1) is 0 Å². The first kappa shape index (κ1) is 17.5. The van der Waals surface area contributed by atoms with Crippen LogP contribution in [0.4, 0.5) is 11.5 Å². The first-order chi connectivity index (χ1) is 13.1. The quantitative estimate of drug-likeness (QED) is 0.764. The number of amides is 2. The second-order valence-corrected chi connectivity index (χ2v) is 6.62. The summed E-state index contributed by atoms with van der Waals surface area (Å²) in [6.07, 6.45) is 5.15. The molecule has 2 aromatic rings. The highest BCUT2D eigenvalue weighted by atomic mass is 16.5. The molecule has 2 aliphatic rings. The zero-order valence-corrected chi connectivity index (χ0v) is 15.2. The van der Waals surface area contributed by atoms with Gasteiger partial charge < -0.3 is 19.4 Å². The van der Waals surface area contributed by atoms with E-state index in [1.807, 2.05) is 7.05 Å². The minimum Gasteiger partial charge on any atom is -0.378 e. The molecule has 4 rings (SSSR count). The smallest absolute Gasteiger partial charge is 0.258 e. The summed E-state index contributed by atoms with van der Waals surface area (Å²) in [5.74, 6) is 0.385. The van der Waals surface area contributed by atoms with E-state index in [4.69, 9.17) is 4.74 Å². The fraction of sp³-hybridized carbons (Fsp3) is 0.444. The highest BCUT2D eigenvalue weighted by Gasteiger charge is 2.31. The fourth-order valence-corrected chi connectivity index (χ4v) is 3.43. The summed E-state index contributed by atoms with van der Waals surface area (Å²) < 4.78 is 7.04. The number of nitrogens with zero attached hydrogens (tertiary/aromatic N) is 6. The number of aromatic nitrogens is 3. The van der Waals surface area contributed by atoms with E-state index >= 15 is 0 Å². The van der Waals surface area contributed by atoms with Crippen molar-refractivity contribution in [2.45, 2.75) is 0 Å². The van der Waals surface area contributed by atoms with Crippen LogP contribution in [0.1, 0.15) is 10.4 Å². The van der Waals surface area contributed by atoms with E-state index in [9.17, 15) is 9.59 Å². The summed E-state index contributed by atoms with van der Waals surface area (Å²) in [6, 6.07) is 3.53. The number of rotatable bonds is 3. The van der Waals surface area contributed by atoms with E-state index < -0.39 is 0 Å². The van der Waals surface area contributed by atoms with Crippen LogP contribution in [0.2, 0.25) is 0 Å². The Hall–Kier alpha value is -2.94. The Balaban J connectivity index is 1.50. The minimum atomic E-state index is -0.163. The molecule has 27 heavy (non-hydrogen) atoms. The molecule has 0 radical (unpaired) electrons. The number of pyridine rings is 1. The maximum atomic E-state index is 13.1. The Bertz CT molecular complexity index is 845. The van der Waals surface area contributed by atoms with Crippen LogP contribution in [-0.4, -0.2) is 77.4 Å². The summed E-state index contributed by atoms with van der Waals surface area (Å²) in [7, 11) is 1.81. The monoisotopic (exact) mass is 370 g/mol. The van der Waals surface area contributed by atoms with Gasteiger partial charge in [0.2, 0.25) is 5.91 Å². The van der Waals surface area contributed by atoms with Gasteiger partial charge in [-0.05, 0) is 12.1 Å². The van der Waals surface area contributed by atoms with Crippen molar-refractivity contribution in [2.75, 3.05) is 55.7 Å². The van der Waals surface area contributed by atoms with Gasteiger partial charge in [0.1, 0.15) is 12.4 Å². The number of piperazine rings is 1. The largest absolute Gasteiger partial charge is 0.378 e. The van der Waals surface area contributed by atoms with Gasteiger partial charge in [0.15, 0.2) is 0 Å². The highest BCUT2D eigenvalue weighted by molar-refractivity contribution is 6.03. The molecule has 0 saturated carbocycles. The molecule has 0 spiro atoms. The number of anilines is 2. The Morgan fingerprint density at radius 3 is 2.70 bits per heavy atom. The van der Waals surface area contributed by atoms with Crippen molar-refractivity contribution in [1.29, 1.82) is 0 Å². The molecule has 2 aliphatic heterocycles. The Kier molecular flexibility index (Phi) is 4.76. The average Bonchev–Trinajstić information content (AvgIpc) is 3.14. The molecule has 2 amide bonds. The molecule has 0 aliphatic carbocycles. The molecule has 0 bridgehead atoms. The molecular weight excluding hydrogens is 348 g/mol. The maximum absolute atomic E-state index is 13.1. The van der Waals surface area contributed by atoms with Crippen molar-refractivity contribution in [3.8, 4) is 0 Å². The van der Waals surface area contributed by atoms with Gasteiger partial charge in [0, 0.05) is 45.6 Å². The SMILES string of the molecule is Cn1cc(N2CCN(C(=O)c3cccnc3N3CCOCC3)CC2=O)cn1. The van der Waals surface area contributed by atoms with Crippen LogP contribution >= 0.6 is 0 Å². The lowest BCUT2D eigenvalue weighted by Gasteiger charge is -2.35. The van der Waals surface area contributed by atoms with E-state index in [0.717, 1.165) is 5.69 Å².